The van der Waals surface area contributed by atoms with Gasteiger partial charge in [0.15, 0.2) is 0 Å². The minimum atomic E-state index is -0.901. The maximum atomic E-state index is 12.8. The number of nitrogens with two attached hydrogens (primary N) is 1. The molecule has 1 atom stereocenters. The minimum absolute atomic E-state index is 0.0360. The van der Waals surface area contributed by atoms with Crippen LogP contribution in [0.15, 0.2) is 60.7 Å². The number of hydrogen-bond acceptors (Lipinski definition) is 5. The molecule has 1 unspecified atom stereocenters. The van der Waals surface area contributed by atoms with Crippen molar-refractivity contribution in [3.05, 3.63) is 66.2 Å². The van der Waals surface area contributed by atoms with Gasteiger partial charge in [0.25, 0.3) is 0 Å². The number of nitrogens with zero attached hydrogens (tertiary/aromatic N) is 1. The number of carbonyl (C=O) groups is 2. The summed E-state index contributed by atoms with van der Waals surface area (Å²) in [5.74, 6) is -2.08. The molecule has 136 valence electrons. The molecule has 0 heterocycles. The average molecular weight is 353 g/mol. The van der Waals surface area contributed by atoms with Crippen molar-refractivity contribution in [3.8, 4) is 0 Å². The fourth-order valence-electron chi connectivity index (χ4n) is 2.56. The van der Waals surface area contributed by atoms with Gasteiger partial charge in [-0.25, -0.2) is 4.79 Å². The predicted octanol–water partition coefficient (Wildman–Crippen LogP) is 2.73. The first kappa shape index (κ1) is 19.3. The topological polar surface area (TPSA) is 96.5 Å². The summed E-state index contributed by atoms with van der Waals surface area (Å²) in [7, 11) is 0. The number of carbonyl (C=O) groups excluding carboxylic acids is 2. The van der Waals surface area contributed by atoms with Gasteiger partial charge in [0, 0.05) is 5.69 Å². The van der Waals surface area contributed by atoms with E-state index in [1.807, 2.05) is 36.4 Å². The lowest BCUT2D eigenvalue weighted by Crippen LogP contribution is -2.44. The highest BCUT2D eigenvalue weighted by Gasteiger charge is 2.31. The van der Waals surface area contributed by atoms with Crippen LogP contribution in [-0.4, -0.2) is 24.3 Å². The summed E-state index contributed by atoms with van der Waals surface area (Å²) >= 11 is 0. The third-order valence-electron chi connectivity index (χ3n) is 4.00. The molecule has 2 aromatic carbocycles. The molecule has 2 aromatic rings. The van der Waals surface area contributed by atoms with Crippen LogP contribution in [0.1, 0.15) is 18.9 Å². The SMILES string of the molecule is CCC(C(=N)C(=O)OCc1ccccc1)C(=O)N(CN)c1ccccc1. The Morgan fingerprint density at radius 1 is 1.08 bits per heavy atom. The fraction of sp³-hybridized carbons (Fsp3) is 0.250. The third kappa shape index (κ3) is 4.77. The van der Waals surface area contributed by atoms with E-state index in [4.69, 9.17) is 15.9 Å². The summed E-state index contributed by atoms with van der Waals surface area (Å²) in [5, 5.41) is 8.12. The second-order valence-electron chi connectivity index (χ2n) is 5.72. The van der Waals surface area contributed by atoms with E-state index in [0.29, 0.717) is 12.1 Å². The highest BCUT2D eigenvalue weighted by Crippen LogP contribution is 2.18. The molecular formula is C20H23N3O3. The van der Waals surface area contributed by atoms with Gasteiger partial charge in [-0.3, -0.25) is 15.1 Å². The Kier molecular flexibility index (Phi) is 7.05. The Balaban J connectivity index is 2.06. The second-order valence-corrected chi connectivity index (χ2v) is 5.72. The number of amides is 1. The first-order valence-corrected chi connectivity index (χ1v) is 8.44. The van der Waals surface area contributed by atoms with E-state index in [0.717, 1.165) is 5.56 Å². The van der Waals surface area contributed by atoms with Crippen LogP contribution in [0.5, 0.6) is 0 Å². The Labute approximate surface area is 153 Å². The van der Waals surface area contributed by atoms with Gasteiger partial charge in [-0.2, -0.15) is 0 Å². The number of para-hydroxylation sites is 1. The summed E-state index contributed by atoms with van der Waals surface area (Å²) in [6.07, 6.45) is 0.307. The number of nitrogens with one attached hydrogen (secondary N) is 1. The van der Waals surface area contributed by atoms with Crippen LogP contribution < -0.4 is 10.6 Å². The van der Waals surface area contributed by atoms with Gasteiger partial charge < -0.3 is 10.5 Å². The molecule has 0 bridgehead atoms. The zero-order valence-electron chi connectivity index (χ0n) is 14.7. The monoisotopic (exact) mass is 353 g/mol. The third-order valence-corrected chi connectivity index (χ3v) is 4.00. The molecule has 2 rings (SSSR count). The van der Waals surface area contributed by atoms with E-state index in [2.05, 4.69) is 0 Å². The standard InChI is InChI=1S/C20H23N3O3/c1-2-17(19(24)23(14-21)16-11-7-4-8-12-16)18(22)20(25)26-13-15-9-5-3-6-10-15/h3-12,17,22H,2,13-14,21H2,1H3. The number of ether oxygens (including phenoxy) is 1. The Hall–Kier alpha value is -2.99. The zero-order valence-corrected chi connectivity index (χ0v) is 14.7. The molecule has 0 aliphatic rings. The molecule has 0 aliphatic carbocycles. The maximum Gasteiger partial charge on any atom is 0.353 e. The Bertz CT molecular complexity index is 747. The number of benzene rings is 2. The van der Waals surface area contributed by atoms with E-state index in [1.165, 1.54) is 4.90 Å². The molecule has 0 spiro atoms. The van der Waals surface area contributed by atoms with Crippen LogP contribution in [0.2, 0.25) is 0 Å². The number of esters is 1. The lowest BCUT2D eigenvalue weighted by atomic mass is 9.98. The summed E-state index contributed by atoms with van der Waals surface area (Å²) in [4.78, 5) is 26.4. The van der Waals surface area contributed by atoms with Gasteiger partial charge in [-0.1, -0.05) is 55.5 Å². The van der Waals surface area contributed by atoms with E-state index >= 15 is 0 Å². The highest BCUT2D eigenvalue weighted by molar-refractivity contribution is 6.40. The van der Waals surface area contributed by atoms with Crippen LogP contribution in [0.4, 0.5) is 5.69 Å². The molecule has 0 aliphatic heterocycles. The van der Waals surface area contributed by atoms with Crippen molar-refractivity contribution < 1.29 is 14.3 Å². The van der Waals surface area contributed by atoms with Crippen LogP contribution in [-0.2, 0) is 20.9 Å². The van der Waals surface area contributed by atoms with E-state index in [1.54, 1.807) is 31.2 Å². The smallest absolute Gasteiger partial charge is 0.353 e. The predicted molar refractivity (Wildman–Crippen MR) is 101 cm³/mol. The highest BCUT2D eigenvalue weighted by atomic mass is 16.5. The van der Waals surface area contributed by atoms with Gasteiger partial charge in [0.1, 0.15) is 12.3 Å². The van der Waals surface area contributed by atoms with E-state index in [9.17, 15) is 9.59 Å². The van der Waals surface area contributed by atoms with Crippen molar-refractivity contribution in [3.63, 3.8) is 0 Å². The van der Waals surface area contributed by atoms with Crippen molar-refractivity contribution in [2.75, 3.05) is 11.6 Å². The lowest BCUT2D eigenvalue weighted by Gasteiger charge is -2.25. The van der Waals surface area contributed by atoms with Crippen LogP contribution in [0.25, 0.3) is 0 Å². The molecule has 0 fully saturated rings. The van der Waals surface area contributed by atoms with Gasteiger partial charge in [-0.15, -0.1) is 0 Å². The van der Waals surface area contributed by atoms with E-state index < -0.39 is 11.9 Å². The molecule has 3 N–H and O–H groups in total. The van der Waals surface area contributed by atoms with Crippen molar-refractivity contribution in [1.82, 2.24) is 0 Å². The Morgan fingerprint density at radius 2 is 1.65 bits per heavy atom. The maximum absolute atomic E-state index is 12.8. The summed E-state index contributed by atoms with van der Waals surface area (Å²) in [6, 6.07) is 18.1. The van der Waals surface area contributed by atoms with E-state index in [-0.39, 0.29) is 24.9 Å². The first-order chi connectivity index (χ1) is 12.6. The molecule has 0 aromatic heterocycles. The van der Waals surface area contributed by atoms with Crippen LogP contribution in [0.3, 0.4) is 0 Å². The number of rotatable bonds is 8. The number of anilines is 1. The molecular weight excluding hydrogens is 330 g/mol. The molecule has 1 amide bonds. The van der Waals surface area contributed by atoms with Gasteiger partial charge >= 0.3 is 5.97 Å². The van der Waals surface area contributed by atoms with Crippen molar-refractivity contribution in [2.24, 2.45) is 11.7 Å². The average Bonchev–Trinajstić information content (AvgIpc) is 2.69. The number of hydrogen-bond donors (Lipinski definition) is 2. The Morgan fingerprint density at radius 3 is 2.19 bits per heavy atom. The molecule has 0 radical (unpaired) electrons. The molecule has 6 nitrogen and oxygen atoms in total. The summed E-state index contributed by atoms with van der Waals surface area (Å²) in [6.45, 7) is 1.78. The lowest BCUT2D eigenvalue weighted by molar-refractivity contribution is -0.138. The molecule has 0 saturated carbocycles. The van der Waals surface area contributed by atoms with Gasteiger partial charge in [0.05, 0.1) is 12.6 Å². The summed E-state index contributed by atoms with van der Waals surface area (Å²) in [5.41, 5.74) is 6.82. The molecule has 26 heavy (non-hydrogen) atoms. The largest absolute Gasteiger partial charge is 0.456 e. The van der Waals surface area contributed by atoms with Crippen molar-refractivity contribution >= 4 is 23.3 Å². The normalized spacial score (nSPS) is 11.5. The minimum Gasteiger partial charge on any atom is -0.456 e. The van der Waals surface area contributed by atoms with Crippen LogP contribution >= 0.6 is 0 Å². The molecule has 0 saturated heterocycles. The quantitative estimate of drug-likeness (QED) is 0.433. The summed E-state index contributed by atoms with van der Waals surface area (Å²) < 4.78 is 5.18. The zero-order chi connectivity index (χ0) is 18.9. The molecule has 6 heteroatoms. The second kappa shape index (κ2) is 9.48. The first-order valence-electron chi connectivity index (χ1n) is 8.44. The van der Waals surface area contributed by atoms with Gasteiger partial charge in [-0.05, 0) is 24.1 Å². The van der Waals surface area contributed by atoms with Crippen molar-refractivity contribution in [1.29, 1.82) is 5.41 Å². The van der Waals surface area contributed by atoms with Gasteiger partial charge in [0.2, 0.25) is 5.91 Å². The fourth-order valence-corrected chi connectivity index (χ4v) is 2.56. The van der Waals surface area contributed by atoms with Crippen molar-refractivity contribution in [2.45, 2.75) is 20.0 Å². The van der Waals surface area contributed by atoms with Crippen LogP contribution in [0, 0.1) is 11.3 Å².